The van der Waals surface area contributed by atoms with Crippen molar-refractivity contribution in [2.45, 2.75) is 6.42 Å². The second kappa shape index (κ2) is 5.51. The summed E-state index contributed by atoms with van der Waals surface area (Å²) >= 11 is 0. The van der Waals surface area contributed by atoms with Crippen LogP contribution in [0.3, 0.4) is 0 Å². The van der Waals surface area contributed by atoms with Crippen LogP contribution in [0.5, 0.6) is 0 Å². The molecule has 1 aromatic heterocycles. The molecule has 100 valence electrons. The number of aromatic nitrogens is 1. The molecule has 19 heavy (non-hydrogen) atoms. The summed E-state index contributed by atoms with van der Waals surface area (Å²) in [4.78, 5) is 27.9. The van der Waals surface area contributed by atoms with Crippen molar-refractivity contribution in [1.29, 1.82) is 0 Å². The predicted molar refractivity (Wildman–Crippen MR) is 67.4 cm³/mol. The number of esters is 1. The quantitative estimate of drug-likeness (QED) is 0.609. The molecule has 6 nitrogen and oxygen atoms in total. The van der Waals surface area contributed by atoms with Gasteiger partial charge in [0.05, 0.1) is 7.11 Å². The Kier molecular flexibility index (Phi) is 3.79. The van der Waals surface area contributed by atoms with Gasteiger partial charge in [-0.1, -0.05) is 6.07 Å². The number of carbonyl (C=O) groups excluding carboxylic acids is 2. The van der Waals surface area contributed by atoms with Crippen LogP contribution in [0.2, 0.25) is 0 Å². The van der Waals surface area contributed by atoms with E-state index in [1.54, 1.807) is 7.05 Å². The van der Waals surface area contributed by atoms with Crippen LogP contribution in [0.25, 0.3) is 11.1 Å². The highest BCUT2D eigenvalue weighted by atomic mass is 16.5. The third kappa shape index (κ3) is 2.90. The van der Waals surface area contributed by atoms with Crippen molar-refractivity contribution in [2.75, 3.05) is 20.7 Å². The molecule has 0 unspecified atom stereocenters. The Morgan fingerprint density at radius 3 is 2.95 bits per heavy atom. The van der Waals surface area contributed by atoms with Crippen molar-refractivity contribution in [2.24, 2.45) is 0 Å². The van der Waals surface area contributed by atoms with Crippen LogP contribution in [0, 0.1) is 0 Å². The zero-order chi connectivity index (χ0) is 13.8. The Labute approximate surface area is 110 Å². The van der Waals surface area contributed by atoms with Crippen molar-refractivity contribution in [1.82, 2.24) is 9.88 Å². The molecule has 0 atom stereocenters. The number of fused-ring (bicyclic) bond motifs is 1. The smallest absolute Gasteiger partial charge is 0.396 e. The second-order valence-corrected chi connectivity index (χ2v) is 4.12. The fourth-order valence-corrected chi connectivity index (χ4v) is 1.70. The minimum Gasteiger partial charge on any atom is -0.462 e. The number of carbonyl (C=O) groups is 2. The maximum atomic E-state index is 11.5. The Hall–Kier alpha value is -2.37. The first kappa shape index (κ1) is 13.1. The molecule has 6 heteroatoms. The van der Waals surface area contributed by atoms with Crippen molar-refractivity contribution in [3.8, 4) is 0 Å². The topological polar surface area (TPSA) is 72.6 Å². The molecule has 0 fully saturated rings. The number of amides is 1. The number of methoxy groups -OCH3 is 1. The van der Waals surface area contributed by atoms with E-state index in [4.69, 9.17) is 4.42 Å². The highest BCUT2D eigenvalue weighted by Gasteiger charge is 2.18. The standard InChI is InChI=1S/C13H14N2O4/c1-15(12(16)13(17)18-2)6-5-9-3-4-10-11(7-9)19-8-14-10/h3-4,7-8H,5-6H2,1-2H3. The molecule has 0 radical (unpaired) electrons. The van der Waals surface area contributed by atoms with Gasteiger partial charge >= 0.3 is 11.9 Å². The molecular weight excluding hydrogens is 248 g/mol. The van der Waals surface area contributed by atoms with Crippen LogP contribution in [-0.4, -0.2) is 42.5 Å². The monoisotopic (exact) mass is 262 g/mol. The van der Waals surface area contributed by atoms with Crippen LogP contribution >= 0.6 is 0 Å². The maximum absolute atomic E-state index is 11.5. The number of rotatable bonds is 3. The Bertz CT molecular complexity index is 605. The SMILES string of the molecule is COC(=O)C(=O)N(C)CCc1ccc2ncoc2c1. The molecule has 2 rings (SSSR count). The van der Waals surface area contributed by atoms with Crippen molar-refractivity contribution in [3.05, 3.63) is 30.2 Å². The van der Waals surface area contributed by atoms with Gasteiger partial charge in [-0.15, -0.1) is 0 Å². The lowest BCUT2D eigenvalue weighted by atomic mass is 10.1. The van der Waals surface area contributed by atoms with Crippen LogP contribution in [0.15, 0.2) is 29.0 Å². The zero-order valence-corrected chi connectivity index (χ0v) is 10.8. The third-order valence-electron chi connectivity index (χ3n) is 2.84. The van der Waals surface area contributed by atoms with Gasteiger partial charge in [-0.05, 0) is 24.1 Å². The van der Waals surface area contributed by atoms with Gasteiger partial charge in [0.1, 0.15) is 5.52 Å². The number of nitrogens with zero attached hydrogens (tertiary/aromatic N) is 2. The van der Waals surface area contributed by atoms with E-state index in [9.17, 15) is 9.59 Å². The first-order valence-electron chi connectivity index (χ1n) is 5.77. The molecule has 0 aliphatic rings. The molecule has 0 aliphatic heterocycles. The number of hydrogen-bond donors (Lipinski definition) is 0. The Morgan fingerprint density at radius 2 is 2.21 bits per heavy atom. The Morgan fingerprint density at radius 1 is 1.42 bits per heavy atom. The van der Waals surface area contributed by atoms with Crippen molar-refractivity contribution < 1.29 is 18.7 Å². The number of hydrogen-bond acceptors (Lipinski definition) is 5. The molecule has 0 bridgehead atoms. The Balaban J connectivity index is 1.98. The van der Waals surface area contributed by atoms with Gasteiger partial charge in [-0.3, -0.25) is 4.79 Å². The lowest BCUT2D eigenvalue weighted by Gasteiger charge is -2.15. The number of ether oxygens (including phenoxy) is 1. The van der Waals surface area contributed by atoms with Crippen LogP contribution in [0.1, 0.15) is 5.56 Å². The van der Waals surface area contributed by atoms with Crippen molar-refractivity contribution in [3.63, 3.8) is 0 Å². The van der Waals surface area contributed by atoms with Gasteiger partial charge in [0.15, 0.2) is 12.0 Å². The fraction of sp³-hybridized carbons (Fsp3) is 0.308. The van der Waals surface area contributed by atoms with E-state index >= 15 is 0 Å². The van der Waals surface area contributed by atoms with Gasteiger partial charge in [0, 0.05) is 13.6 Å². The molecular formula is C13H14N2O4. The molecule has 0 saturated heterocycles. The van der Waals surface area contributed by atoms with Crippen molar-refractivity contribution >= 4 is 23.0 Å². The molecule has 0 N–H and O–H groups in total. The normalized spacial score (nSPS) is 10.4. The predicted octanol–water partition coefficient (Wildman–Crippen LogP) is 1.00. The lowest BCUT2D eigenvalue weighted by molar-refractivity contribution is -0.157. The minimum atomic E-state index is -0.854. The van der Waals surface area contributed by atoms with E-state index in [1.165, 1.54) is 18.4 Å². The average molecular weight is 262 g/mol. The fourth-order valence-electron chi connectivity index (χ4n) is 1.70. The van der Waals surface area contributed by atoms with Gasteiger partial charge < -0.3 is 14.1 Å². The zero-order valence-electron chi connectivity index (χ0n) is 10.8. The summed E-state index contributed by atoms with van der Waals surface area (Å²) in [7, 11) is 2.75. The minimum absolute atomic E-state index is 0.424. The average Bonchev–Trinajstić information content (AvgIpc) is 2.90. The van der Waals surface area contributed by atoms with E-state index in [-0.39, 0.29) is 0 Å². The van der Waals surface area contributed by atoms with Gasteiger partial charge in [0.2, 0.25) is 0 Å². The second-order valence-electron chi connectivity index (χ2n) is 4.12. The summed E-state index contributed by atoms with van der Waals surface area (Å²) in [6.07, 6.45) is 2.01. The summed E-state index contributed by atoms with van der Waals surface area (Å²) in [6, 6.07) is 5.65. The van der Waals surface area contributed by atoms with Gasteiger partial charge in [0.25, 0.3) is 0 Å². The summed E-state index contributed by atoms with van der Waals surface area (Å²) in [5.41, 5.74) is 2.51. The molecule has 1 amide bonds. The number of likely N-dealkylation sites (N-methyl/N-ethyl adjacent to an activating group) is 1. The molecule has 0 aliphatic carbocycles. The molecule has 0 spiro atoms. The van der Waals surface area contributed by atoms with Gasteiger partial charge in [-0.2, -0.15) is 0 Å². The number of oxazole rings is 1. The van der Waals surface area contributed by atoms with E-state index < -0.39 is 11.9 Å². The van der Waals surface area contributed by atoms with Crippen LogP contribution < -0.4 is 0 Å². The highest BCUT2D eigenvalue weighted by Crippen LogP contribution is 2.14. The molecule has 0 saturated carbocycles. The first-order chi connectivity index (χ1) is 9.11. The maximum Gasteiger partial charge on any atom is 0.396 e. The van der Waals surface area contributed by atoms with E-state index in [0.29, 0.717) is 18.5 Å². The largest absolute Gasteiger partial charge is 0.462 e. The third-order valence-corrected chi connectivity index (χ3v) is 2.84. The van der Waals surface area contributed by atoms with E-state index in [2.05, 4.69) is 9.72 Å². The highest BCUT2D eigenvalue weighted by molar-refractivity contribution is 6.32. The summed E-state index contributed by atoms with van der Waals surface area (Å²) in [6.45, 7) is 0.424. The van der Waals surface area contributed by atoms with Gasteiger partial charge in [-0.25, -0.2) is 9.78 Å². The first-order valence-corrected chi connectivity index (χ1v) is 5.77. The molecule has 1 heterocycles. The summed E-state index contributed by atoms with van der Waals surface area (Å²) < 4.78 is 9.58. The molecule has 2 aromatic rings. The summed E-state index contributed by atoms with van der Waals surface area (Å²) in [5, 5.41) is 0. The summed E-state index contributed by atoms with van der Waals surface area (Å²) in [5.74, 6) is -1.50. The number of benzene rings is 1. The molecule has 1 aromatic carbocycles. The van der Waals surface area contributed by atoms with Crippen LogP contribution in [-0.2, 0) is 20.7 Å². The van der Waals surface area contributed by atoms with E-state index in [0.717, 1.165) is 11.1 Å². The van der Waals surface area contributed by atoms with Crippen LogP contribution in [0.4, 0.5) is 0 Å². The lowest BCUT2D eigenvalue weighted by Crippen LogP contribution is -2.35. The van der Waals surface area contributed by atoms with E-state index in [1.807, 2.05) is 18.2 Å².